The van der Waals surface area contributed by atoms with E-state index >= 15 is 0 Å². The van der Waals surface area contributed by atoms with Gasteiger partial charge in [-0.15, -0.1) is 0 Å². The van der Waals surface area contributed by atoms with E-state index in [1.165, 1.54) is 5.56 Å². The average Bonchev–Trinajstić information content (AvgIpc) is 2.69. The summed E-state index contributed by atoms with van der Waals surface area (Å²) < 4.78 is 5.06. The van der Waals surface area contributed by atoms with Gasteiger partial charge in [0, 0.05) is 31.1 Å². The lowest BCUT2D eigenvalue weighted by Gasteiger charge is -2.45. The highest BCUT2D eigenvalue weighted by Crippen LogP contribution is 2.51. The predicted octanol–water partition coefficient (Wildman–Crippen LogP) is 2.00. The number of carbonyl (C=O) groups excluding carboxylic acids is 1. The Morgan fingerprint density at radius 3 is 2.79 bits per heavy atom. The number of aliphatic hydroxyl groups excluding tert-OH is 1. The molecule has 1 aromatic carbocycles. The van der Waals surface area contributed by atoms with Crippen molar-refractivity contribution >= 4 is 6.09 Å². The molecule has 1 aliphatic heterocycles. The Labute approximate surface area is 143 Å². The van der Waals surface area contributed by atoms with Gasteiger partial charge in [0.05, 0.1) is 12.7 Å². The van der Waals surface area contributed by atoms with Crippen molar-refractivity contribution in [3.8, 4) is 0 Å². The van der Waals surface area contributed by atoms with E-state index in [9.17, 15) is 9.90 Å². The lowest BCUT2D eigenvalue weighted by Crippen LogP contribution is -2.54. The van der Waals surface area contributed by atoms with Crippen LogP contribution in [0.1, 0.15) is 25.3 Å². The summed E-state index contributed by atoms with van der Waals surface area (Å²) in [4.78, 5) is 14.3. The lowest BCUT2D eigenvalue weighted by atomic mass is 9.74. The minimum Gasteiger partial charge on any atom is -0.450 e. The number of ether oxygens (including phenoxy) is 1. The van der Waals surface area contributed by atoms with Crippen LogP contribution < -0.4 is 5.32 Å². The molecule has 4 rings (SSSR count). The van der Waals surface area contributed by atoms with Gasteiger partial charge in [0.15, 0.2) is 0 Å². The summed E-state index contributed by atoms with van der Waals surface area (Å²) in [5.74, 6) is 1.10. The van der Waals surface area contributed by atoms with Crippen molar-refractivity contribution in [3.63, 3.8) is 0 Å². The Hall–Kier alpha value is -1.59. The fourth-order valence-electron chi connectivity index (χ4n) is 5.29. The van der Waals surface area contributed by atoms with E-state index in [0.717, 1.165) is 25.9 Å². The highest BCUT2D eigenvalue weighted by molar-refractivity contribution is 5.67. The number of amides is 1. The van der Waals surface area contributed by atoms with E-state index in [2.05, 4.69) is 34.5 Å². The summed E-state index contributed by atoms with van der Waals surface area (Å²) in [5.41, 5.74) is 1.28. The van der Waals surface area contributed by atoms with E-state index in [-0.39, 0.29) is 30.2 Å². The van der Waals surface area contributed by atoms with Crippen LogP contribution in [0.3, 0.4) is 0 Å². The molecular weight excluding hydrogens is 304 g/mol. The van der Waals surface area contributed by atoms with E-state index < -0.39 is 0 Å². The SMILES string of the molecule is CCOC(=O)N[C@H]1C2CC3CC1C(C2O)N(Cc1ccccc1)C3. The molecule has 5 heteroatoms. The smallest absolute Gasteiger partial charge is 0.407 e. The van der Waals surface area contributed by atoms with Gasteiger partial charge >= 0.3 is 6.09 Å². The summed E-state index contributed by atoms with van der Waals surface area (Å²) in [5, 5.41) is 13.9. The molecule has 130 valence electrons. The number of benzene rings is 1. The van der Waals surface area contributed by atoms with Gasteiger partial charge in [0.2, 0.25) is 0 Å². The van der Waals surface area contributed by atoms with Gasteiger partial charge in [-0.25, -0.2) is 4.79 Å². The van der Waals surface area contributed by atoms with Gasteiger partial charge in [-0.2, -0.15) is 0 Å². The third kappa shape index (κ3) is 2.70. The number of nitrogens with one attached hydrogen (secondary N) is 1. The molecule has 24 heavy (non-hydrogen) atoms. The average molecular weight is 330 g/mol. The molecule has 2 aliphatic carbocycles. The Bertz CT molecular complexity index is 594. The monoisotopic (exact) mass is 330 g/mol. The number of nitrogens with zero attached hydrogens (tertiary/aromatic N) is 1. The quantitative estimate of drug-likeness (QED) is 0.886. The second-order valence-corrected chi connectivity index (χ2v) is 7.45. The topological polar surface area (TPSA) is 61.8 Å². The van der Waals surface area contributed by atoms with Crippen LogP contribution in [0.4, 0.5) is 4.79 Å². The second-order valence-electron chi connectivity index (χ2n) is 7.45. The number of rotatable bonds is 4. The number of piperidine rings is 1. The molecule has 3 fully saturated rings. The number of aliphatic hydroxyl groups is 1. The van der Waals surface area contributed by atoms with Crippen molar-refractivity contribution in [2.45, 2.75) is 44.5 Å². The first kappa shape index (κ1) is 15.9. The van der Waals surface area contributed by atoms with Gasteiger partial charge in [-0.3, -0.25) is 4.90 Å². The predicted molar refractivity (Wildman–Crippen MR) is 90.3 cm³/mol. The zero-order valence-electron chi connectivity index (χ0n) is 14.1. The highest BCUT2D eigenvalue weighted by Gasteiger charge is 2.59. The Morgan fingerprint density at radius 1 is 1.29 bits per heavy atom. The maximum Gasteiger partial charge on any atom is 0.407 e. The van der Waals surface area contributed by atoms with Crippen molar-refractivity contribution in [2.24, 2.45) is 17.8 Å². The summed E-state index contributed by atoms with van der Waals surface area (Å²) in [7, 11) is 0. The molecule has 5 unspecified atom stereocenters. The lowest BCUT2D eigenvalue weighted by molar-refractivity contribution is 0.0147. The first-order valence-electron chi connectivity index (χ1n) is 9.06. The van der Waals surface area contributed by atoms with E-state index in [1.807, 2.05) is 13.0 Å². The Kier molecular flexibility index (Phi) is 4.22. The number of carbonyl (C=O) groups is 1. The maximum atomic E-state index is 11.9. The maximum absolute atomic E-state index is 11.9. The van der Waals surface area contributed by atoms with Crippen LogP contribution in [0.2, 0.25) is 0 Å². The zero-order valence-corrected chi connectivity index (χ0v) is 14.1. The minimum absolute atomic E-state index is 0.0406. The number of hydrogen-bond acceptors (Lipinski definition) is 4. The fourth-order valence-corrected chi connectivity index (χ4v) is 5.29. The molecule has 2 N–H and O–H groups in total. The molecule has 3 aliphatic rings. The third-order valence-electron chi connectivity index (χ3n) is 6.06. The Morgan fingerprint density at radius 2 is 2.04 bits per heavy atom. The van der Waals surface area contributed by atoms with Gasteiger partial charge < -0.3 is 15.2 Å². The van der Waals surface area contributed by atoms with Crippen LogP contribution in [0, 0.1) is 17.8 Å². The van der Waals surface area contributed by atoms with Crippen LogP contribution in [0.5, 0.6) is 0 Å². The van der Waals surface area contributed by atoms with Crippen LogP contribution >= 0.6 is 0 Å². The number of fused-ring (bicyclic) bond motifs is 2. The number of likely N-dealkylation sites (tertiary alicyclic amines) is 1. The van der Waals surface area contributed by atoms with Crippen molar-refractivity contribution in [1.82, 2.24) is 10.2 Å². The normalized spacial score (nSPS) is 37.4. The molecule has 1 heterocycles. The largest absolute Gasteiger partial charge is 0.450 e. The summed E-state index contributed by atoms with van der Waals surface area (Å²) in [6.07, 6.45) is 1.38. The van der Waals surface area contributed by atoms with E-state index in [4.69, 9.17) is 4.74 Å². The molecule has 1 amide bonds. The molecule has 0 aromatic heterocycles. The van der Waals surface area contributed by atoms with Gasteiger partial charge in [0.25, 0.3) is 0 Å². The first-order chi connectivity index (χ1) is 11.7. The number of alkyl carbamates (subject to hydrolysis) is 1. The van der Waals surface area contributed by atoms with Gasteiger partial charge in [0.1, 0.15) is 0 Å². The highest BCUT2D eigenvalue weighted by atomic mass is 16.5. The van der Waals surface area contributed by atoms with E-state index in [0.29, 0.717) is 18.4 Å². The summed E-state index contributed by atoms with van der Waals surface area (Å²) >= 11 is 0. The minimum atomic E-state index is -0.363. The zero-order chi connectivity index (χ0) is 16.7. The van der Waals surface area contributed by atoms with Gasteiger partial charge in [-0.1, -0.05) is 30.3 Å². The Balaban J connectivity index is 1.53. The van der Waals surface area contributed by atoms with Crippen LogP contribution in [0.25, 0.3) is 0 Å². The number of hydrogen-bond donors (Lipinski definition) is 2. The van der Waals surface area contributed by atoms with Gasteiger partial charge in [-0.05, 0) is 37.2 Å². The molecule has 1 saturated heterocycles. The molecule has 3 bridgehead atoms. The molecule has 0 radical (unpaired) electrons. The van der Waals surface area contributed by atoms with Crippen molar-refractivity contribution < 1.29 is 14.6 Å². The van der Waals surface area contributed by atoms with E-state index in [1.54, 1.807) is 0 Å². The molecule has 2 saturated carbocycles. The molecule has 5 nitrogen and oxygen atoms in total. The van der Waals surface area contributed by atoms with Crippen LogP contribution in [-0.4, -0.2) is 47.4 Å². The van der Waals surface area contributed by atoms with Crippen molar-refractivity contribution in [2.75, 3.05) is 13.2 Å². The summed E-state index contributed by atoms with van der Waals surface area (Å²) in [6, 6.07) is 10.6. The summed E-state index contributed by atoms with van der Waals surface area (Å²) in [6.45, 7) is 4.11. The van der Waals surface area contributed by atoms with Crippen molar-refractivity contribution in [3.05, 3.63) is 35.9 Å². The molecular formula is C19H26N2O3. The third-order valence-corrected chi connectivity index (χ3v) is 6.06. The first-order valence-corrected chi connectivity index (χ1v) is 9.06. The molecule has 1 aromatic rings. The fraction of sp³-hybridized carbons (Fsp3) is 0.632. The van der Waals surface area contributed by atoms with Crippen molar-refractivity contribution in [1.29, 1.82) is 0 Å². The van der Waals surface area contributed by atoms with Crippen LogP contribution in [-0.2, 0) is 11.3 Å². The molecule has 0 spiro atoms. The second kappa shape index (κ2) is 6.37. The standard InChI is InChI=1S/C19H26N2O3/c1-2-24-19(23)20-16-14-8-13-9-15(16)18(22)17(14)21(11-13)10-12-6-4-3-5-7-12/h3-7,13-18,22H,2,8-11H2,1H3,(H,20,23)/t13?,14?,15?,16-,17?,18?/m1/s1. The van der Waals surface area contributed by atoms with Crippen LogP contribution in [0.15, 0.2) is 30.3 Å². The molecule has 6 atom stereocenters.